The van der Waals surface area contributed by atoms with Crippen LogP contribution >= 0.6 is 0 Å². The highest BCUT2D eigenvalue weighted by molar-refractivity contribution is 5.85. The van der Waals surface area contributed by atoms with Crippen LogP contribution in [0, 0.1) is 6.92 Å². The van der Waals surface area contributed by atoms with Crippen molar-refractivity contribution in [2.24, 2.45) is 4.99 Å². The number of phenols is 1. The molecule has 0 saturated heterocycles. The predicted molar refractivity (Wildman–Crippen MR) is 72.5 cm³/mol. The number of phenolic OH excluding ortho intramolecular Hbond substituents is 1. The number of aryl methyl sites for hydroxylation is 1. The third kappa shape index (κ3) is 2.96. The Labute approximate surface area is 106 Å². The first-order chi connectivity index (χ1) is 8.69. The zero-order valence-electron chi connectivity index (χ0n) is 10.2. The first-order valence-corrected chi connectivity index (χ1v) is 5.72. The summed E-state index contributed by atoms with van der Waals surface area (Å²) in [6.07, 6.45) is 1.64. The van der Waals surface area contributed by atoms with E-state index in [9.17, 15) is 5.11 Å². The Hall–Kier alpha value is -2.13. The molecule has 3 heteroatoms. The topological polar surface area (TPSA) is 52.8 Å². The van der Waals surface area contributed by atoms with E-state index >= 15 is 0 Å². The van der Waals surface area contributed by atoms with Crippen LogP contribution in [0.4, 0.5) is 5.69 Å². The Balaban J connectivity index is 2.21. The summed E-state index contributed by atoms with van der Waals surface area (Å²) in [6.45, 7) is 2.00. The molecule has 0 heterocycles. The molecule has 0 bridgehead atoms. The molecule has 0 atom stereocenters. The molecule has 18 heavy (non-hydrogen) atoms. The van der Waals surface area contributed by atoms with E-state index < -0.39 is 0 Å². The van der Waals surface area contributed by atoms with Crippen molar-refractivity contribution in [2.45, 2.75) is 13.5 Å². The van der Waals surface area contributed by atoms with Crippen LogP contribution in [0.5, 0.6) is 5.75 Å². The number of aliphatic hydroxyl groups excluding tert-OH is 1. The first kappa shape index (κ1) is 12.3. The molecule has 3 nitrogen and oxygen atoms in total. The van der Waals surface area contributed by atoms with Crippen molar-refractivity contribution in [3.05, 3.63) is 59.2 Å². The van der Waals surface area contributed by atoms with Gasteiger partial charge in [-0.3, -0.25) is 4.99 Å². The normalized spacial score (nSPS) is 11.0. The lowest BCUT2D eigenvalue weighted by atomic mass is 10.1. The predicted octanol–water partition coefficient (Wildman–Crippen LogP) is 2.94. The Morgan fingerprint density at radius 3 is 2.50 bits per heavy atom. The average Bonchev–Trinajstić information content (AvgIpc) is 2.40. The maximum atomic E-state index is 9.67. The van der Waals surface area contributed by atoms with E-state index in [-0.39, 0.29) is 12.4 Å². The molecule has 2 N–H and O–H groups in total. The highest BCUT2D eigenvalue weighted by atomic mass is 16.3. The second kappa shape index (κ2) is 5.47. The second-order valence-electron chi connectivity index (χ2n) is 4.15. The van der Waals surface area contributed by atoms with Crippen LogP contribution in [-0.2, 0) is 6.61 Å². The van der Waals surface area contributed by atoms with Crippen LogP contribution in [0.2, 0.25) is 0 Å². The summed E-state index contributed by atoms with van der Waals surface area (Å²) in [6, 6.07) is 12.7. The third-order valence-corrected chi connectivity index (χ3v) is 2.65. The lowest BCUT2D eigenvalue weighted by molar-refractivity contribution is 0.282. The molecule has 0 spiro atoms. The van der Waals surface area contributed by atoms with Gasteiger partial charge in [0.25, 0.3) is 0 Å². The van der Waals surface area contributed by atoms with E-state index in [0.717, 1.165) is 16.8 Å². The van der Waals surface area contributed by atoms with E-state index in [4.69, 9.17) is 5.11 Å². The van der Waals surface area contributed by atoms with Crippen LogP contribution in [-0.4, -0.2) is 16.4 Å². The summed E-state index contributed by atoms with van der Waals surface area (Å²) in [7, 11) is 0. The number of rotatable bonds is 3. The molecule has 2 aromatic rings. The van der Waals surface area contributed by atoms with Gasteiger partial charge < -0.3 is 10.2 Å². The van der Waals surface area contributed by atoms with Crippen molar-refractivity contribution in [2.75, 3.05) is 0 Å². The van der Waals surface area contributed by atoms with Crippen molar-refractivity contribution >= 4 is 11.9 Å². The Morgan fingerprint density at radius 1 is 1.11 bits per heavy atom. The minimum Gasteiger partial charge on any atom is -0.507 e. The standard InChI is InChI=1S/C15H15NO2/c1-11-2-7-15(18)13(8-11)9-16-14-5-3-12(10-17)4-6-14/h2-9,17-18H,10H2,1H3. The number of nitrogens with zero attached hydrogens (tertiary/aromatic N) is 1. The molecule has 0 aliphatic heterocycles. The fraction of sp³-hybridized carbons (Fsp3) is 0.133. The molecular weight excluding hydrogens is 226 g/mol. The molecule has 0 aliphatic rings. The van der Waals surface area contributed by atoms with Crippen LogP contribution in [0.15, 0.2) is 47.5 Å². The van der Waals surface area contributed by atoms with Crippen molar-refractivity contribution in [1.82, 2.24) is 0 Å². The summed E-state index contributed by atoms with van der Waals surface area (Å²) >= 11 is 0. The largest absolute Gasteiger partial charge is 0.507 e. The van der Waals surface area contributed by atoms with Gasteiger partial charge in [-0.2, -0.15) is 0 Å². The quantitative estimate of drug-likeness (QED) is 0.812. The van der Waals surface area contributed by atoms with Crippen molar-refractivity contribution in [3.63, 3.8) is 0 Å². The zero-order valence-corrected chi connectivity index (χ0v) is 10.2. The molecular formula is C15H15NO2. The van der Waals surface area contributed by atoms with Crippen molar-refractivity contribution in [1.29, 1.82) is 0 Å². The maximum Gasteiger partial charge on any atom is 0.124 e. The van der Waals surface area contributed by atoms with Crippen LogP contribution in [0.25, 0.3) is 0 Å². The third-order valence-electron chi connectivity index (χ3n) is 2.65. The van der Waals surface area contributed by atoms with Gasteiger partial charge in [-0.1, -0.05) is 23.8 Å². The highest BCUT2D eigenvalue weighted by Gasteiger charge is 1.98. The lowest BCUT2D eigenvalue weighted by Crippen LogP contribution is -1.84. The number of hydrogen-bond donors (Lipinski definition) is 2. The molecule has 2 aromatic carbocycles. The van der Waals surface area contributed by atoms with Crippen molar-refractivity contribution in [3.8, 4) is 5.75 Å². The number of aliphatic imine (C=N–C) groups is 1. The fourth-order valence-electron chi connectivity index (χ4n) is 1.61. The van der Waals surface area contributed by atoms with Gasteiger partial charge >= 0.3 is 0 Å². The van der Waals surface area contributed by atoms with E-state index in [0.29, 0.717) is 5.56 Å². The summed E-state index contributed by atoms with van der Waals surface area (Å²) < 4.78 is 0. The molecule has 0 aliphatic carbocycles. The fourth-order valence-corrected chi connectivity index (χ4v) is 1.61. The molecule has 0 unspecified atom stereocenters. The average molecular weight is 241 g/mol. The lowest BCUT2D eigenvalue weighted by Gasteiger charge is -2.00. The van der Waals surface area contributed by atoms with E-state index in [1.807, 2.05) is 43.3 Å². The van der Waals surface area contributed by atoms with E-state index in [1.54, 1.807) is 12.3 Å². The summed E-state index contributed by atoms with van der Waals surface area (Å²) in [5.41, 5.74) is 3.41. The number of hydrogen-bond acceptors (Lipinski definition) is 3. The van der Waals surface area contributed by atoms with E-state index in [1.165, 1.54) is 0 Å². The van der Waals surface area contributed by atoms with Gasteiger partial charge in [0.1, 0.15) is 5.75 Å². The smallest absolute Gasteiger partial charge is 0.124 e. The molecule has 0 aromatic heterocycles. The van der Waals surface area contributed by atoms with Gasteiger partial charge in [0.05, 0.1) is 12.3 Å². The molecule has 0 fully saturated rings. The summed E-state index contributed by atoms with van der Waals surface area (Å²) in [4.78, 5) is 4.29. The number of aliphatic hydroxyl groups is 1. The number of benzene rings is 2. The van der Waals surface area contributed by atoms with Gasteiger partial charge in [-0.25, -0.2) is 0 Å². The molecule has 0 saturated carbocycles. The molecule has 92 valence electrons. The Bertz CT molecular complexity index is 559. The van der Waals surface area contributed by atoms with Crippen LogP contribution in [0.3, 0.4) is 0 Å². The molecule has 2 rings (SSSR count). The number of aromatic hydroxyl groups is 1. The zero-order chi connectivity index (χ0) is 13.0. The highest BCUT2D eigenvalue weighted by Crippen LogP contribution is 2.18. The van der Waals surface area contributed by atoms with E-state index in [2.05, 4.69) is 4.99 Å². The van der Waals surface area contributed by atoms with Gasteiger partial charge in [-0.15, -0.1) is 0 Å². The van der Waals surface area contributed by atoms with Gasteiger partial charge in [0.2, 0.25) is 0 Å². The van der Waals surface area contributed by atoms with Crippen molar-refractivity contribution < 1.29 is 10.2 Å². The Kier molecular flexibility index (Phi) is 3.75. The minimum atomic E-state index is 0.0304. The first-order valence-electron chi connectivity index (χ1n) is 5.72. The van der Waals surface area contributed by atoms with Crippen LogP contribution in [0.1, 0.15) is 16.7 Å². The second-order valence-corrected chi connectivity index (χ2v) is 4.15. The Morgan fingerprint density at radius 2 is 1.83 bits per heavy atom. The van der Waals surface area contributed by atoms with Crippen LogP contribution < -0.4 is 0 Å². The summed E-state index contributed by atoms with van der Waals surface area (Å²) in [5.74, 6) is 0.219. The van der Waals surface area contributed by atoms with Gasteiger partial charge in [-0.05, 0) is 36.8 Å². The van der Waals surface area contributed by atoms with Gasteiger partial charge in [0, 0.05) is 11.8 Å². The van der Waals surface area contributed by atoms with Gasteiger partial charge in [0.15, 0.2) is 0 Å². The monoisotopic (exact) mass is 241 g/mol. The molecule has 0 amide bonds. The summed E-state index contributed by atoms with van der Waals surface area (Å²) in [5, 5.41) is 18.6. The maximum absolute atomic E-state index is 9.67. The SMILES string of the molecule is Cc1ccc(O)c(C=Nc2ccc(CO)cc2)c1. The molecule has 0 radical (unpaired) electrons. The minimum absolute atomic E-state index is 0.0304.